The molecule has 0 unspecified atom stereocenters. The van der Waals surface area contributed by atoms with E-state index in [1.807, 2.05) is 11.8 Å². The lowest BCUT2D eigenvalue weighted by Crippen LogP contribution is -2.61. The average Bonchev–Trinajstić information content (AvgIpc) is 2.14. The zero-order valence-electron chi connectivity index (χ0n) is 8.31. The van der Waals surface area contributed by atoms with E-state index in [1.165, 1.54) is 12.8 Å². The summed E-state index contributed by atoms with van der Waals surface area (Å²) in [4.78, 5) is 13.5. The van der Waals surface area contributed by atoms with Gasteiger partial charge in [-0.3, -0.25) is 4.79 Å². The molecule has 0 aromatic rings. The standard InChI is InChI=1S/C10H18N2O/c1-2-9(13)12-5-3-4-10(8-12)6-11-7-10/h11H,2-8H2,1H3. The lowest BCUT2D eigenvalue weighted by molar-refractivity contribution is -0.135. The Morgan fingerprint density at radius 2 is 2.31 bits per heavy atom. The van der Waals surface area contributed by atoms with Crippen LogP contribution in [0, 0.1) is 5.41 Å². The van der Waals surface area contributed by atoms with Crippen LogP contribution in [0.1, 0.15) is 26.2 Å². The molecule has 0 bridgehead atoms. The molecule has 0 atom stereocenters. The molecule has 2 aliphatic rings. The van der Waals surface area contributed by atoms with Crippen LogP contribution >= 0.6 is 0 Å². The van der Waals surface area contributed by atoms with Crippen LogP contribution in [-0.4, -0.2) is 37.0 Å². The van der Waals surface area contributed by atoms with Crippen LogP contribution in [0.25, 0.3) is 0 Å². The Morgan fingerprint density at radius 3 is 2.85 bits per heavy atom. The van der Waals surface area contributed by atoms with Crippen molar-refractivity contribution in [1.29, 1.82) is 0 Å². The summed E-state index contributed by atoms with van der Waals surface area (Å²) in [7, 11) is 0. The van der Waals surface area contributed by atoms with Crippen LogP contribution in [0.2, 0.25) is 0 Å². The van der Waals surface area contributed by atoms with Crippen molar-refractivity contribution in [3.8, 4) is 0 Å². The number of nitrogens with zero attached hydrogens (tertiary/aromatic N) is 1. The minimum absolute atomic E-state index is 0.325. The van der Waals surface area contributed by atoms with Gasteiger partial charge in [-0.1, -0.05) is 6.92 Å². The summed E-state index contributed by atoms with van der Waals surface area (Å²) in [6.07, 6.45) is 3.14. The van der Waals surface area contributed by atoms with Crippen molar-refractivity contribution < 1.29 is 4.79 Å². The summed E-state index contributed by atoms with van der Waals surface area (Å²) in [5, 5.41) is 3.31. The largest absolute Gasteiger partial charge is 0.342 e. The van der Waals surface area contributed by atoms with E-state index in [1.54, 1.807) is 0 Å². The second-order valence-corrected chi connectivity index (χ2v) is 4.38. The third-order valence-corrected chi connectivity index (χ3v) is 3.32. The summed E-state index contributed by atoms with van der Waals surface area (Å²) >= 11 is 0. The van der Waals surface area contributed by atoms with Gasteiger partial charge in [-0.05, 0) is 12.8 Å². The molecule has 1 spiro atoms. The van der Waals surface area contributed by atoms with Gasteiger partial charge in [0.1, 0.15) is 0 Å². The zero-order valence-corrected chi connectivity index (χ0v) is 8.31. The SMILES string of the molecule is CCC(=O)N1CCCC2(CNC2)C1. The van der Waals surface area contributed by atoms with Gasteiger partial charge in [0.15, 0.2) is 0 Å². The molecule has 3 nitrogen and oxygen atoms in total. The van der Waals surface area contributed by atoms with Crippen molar-refractivity contribution in [3.63, 3.8) is 0 Å². The minimum atomic E-state index is 0.325. The molecule has 3 heteroatoms. The van der Waals surface area contributed by atoms with Gasteiger partial charge in [-0.25, -0.2) is 0 Å². The van der Waals surface area contributed by atoms with E-state index < -0.39 is 0 Å². The molecular weight excluding hydrogens is 164 g/mol. The predicted molar refractivity (Wildman–Crippen MR) is 51.4 cm³/mol. The van der Waals surface area contributed by atoms with Gasteiger partial charge < -0.3 is 10.2 Å². The van der Waals surface area contributed by atoms with Gasteiger partial charge >= 0.3 is 0 Å². The Bertz CT molecular complexity index is 211. The van der Waals surface area contributed by atoms with Crippen molar-refractivity contribution in [2.75, 3.05) is 26.2 Å². The molecule has 2 aliphatic heterocycles. The molecule has 74 valence electrons. The van der Waals surface area contributed by atoms with Crippen LogP contribution in [0.3, 0.4) is 0 Å². The Kier molecular flexibility index (Phi) is 2.28. The van der Waals surface area contributed by atoms with E-state index in [-0.39, 0.29) is 0 Å². The van der Waals surface area contributed by atoms with Gasteiger partial charge in [0, 0.05) is 38.0 Å². The van der Waals surface area contributed by atoms with Crippen LogP contribution in [0.4, 0.5) is 0 Å². The first-order valence-corrected chi connectivity index (χ1v) is 5.24. The van der Waals surface area contributed by atoms with Gasteiger partial charge in [0.05, 0.1) is 0 Å². The highest BCUT2D eigenvalue weighted by molar-refractivity contribution is 5.76. The van der Waals surface area contributed by atoms with Crippen molar-refractivity contribution in [2.45, 2.75) is 26.2 Å². The maximum atomic E-state index is 11.5. The quantitative estimate of drug-likeness (QED) is 0.644. The second-order valence-electron chi connectivity index (χ2n) is 4.38. The molecule has 0 saturated carbocycles. The molecule has 0 radical (unpaired) electrons. The minimum Gasteiger partial charge on any atom is -0.342 e. The van der Waals surface area contributed by atoms with E-state index in [2.05, 4.69) is 5.32 Å². The zero-order chi connectivity index (χ0) is 9.31. The molecule has 2 rings (SSSR count). The highest BCUT2D eigenvalue weighted by Crippen LogP contribution is 2.33. The number of hydrogen-bond donors (Lipinski definition) is 1. The van der Waals surface area contributed by atoms with E-state index in [9.17, 15) is 4.79 Å². The molecular formula is C10H18N2O. The van der Waals surface area contributed by atoms with E-state index in [0.717, 1.165) is 26.2 Å². The van der Waals surface area contributed by atoms with Crippen LogP contribution in [-0.2, 0) is 4.79 Å². The van der Waals surface area contributed by atoms with E-state index in [4.69, 9.17) is 0 Å². The molecule has 0 aromatic carbocycles. The fourth-order valence-corrected chi connectivity index (χ4v) is 2.41. The Morgan fingerprint density at radius 1 is 1.54 bits per heavy atom. The summed E-state index contributed by atoms with van der Waals surface area (Å²) in [5.41, 5.74) is 0.448. The summed E-state index contributed by atoms with van der Waals surface area (Å²) in [6, 6.07) is 0. The first kappa shape index (κ1) is 9.00. The van der Waals surface area contributed by atoms with Crippen molar-refractivity contribution in [3.05, 3.63) is 0 Å². The van der Waals surface area contributed by atoms with Crippen molar-refractivity contribution in [2.24, 2.45) is 5.41 Å². The number of likely N-dealkylation sites (tertiary alicyclic amines) is 1. The van der Waals surface area contributed by atoms with Crippen LogP contribution < -0.4 is 5.32 Å². The smallest absolute Gasteiger partial charge is 0.222 e. The molecule has 13 heavy (non-hydrogen) atoms. The maximum Gasteiger partial charge on any atom is 0.222 e. The lowest BCUT2D eigenvalue weighted by atomic mass is 9.75. The third kappa shape index (κ3) is 1.57. The average molecular weight is 182 g/mol. The molecule has 2 saturated heterocycles. The molecule has 1 N–H and O–H groups in total. The number of amides is 1. The number of hydrogen-bond acceptors (Lipinski definition) is 2. The highest BCUT2D eigenvalue weighted by atomic mass is 16.2. The number of piperidine rings is 1. The van der Waals surface area contributed by atoms with Crippen LogP contribution in [0.15, 0.2) is 0 Å². The number of rotatable bonds is 1. The maximum absolute atomic E-state index is 11.5. The summed E-state index contributed by atoms with van der Waals surface area (Å²) in [5.74, 6) is 0.325. The molecule has 0 aromatic heterocycles. The highest BCUT2D eigenvalue weighted by Gasteiger charge is 2.41. The predicted octanol–water partition coefficient (Wildman–Crippen LogP) is 0.608. The topological polar surface area (TPSA) is 32.3 Å². The van der Waals surface area contributed by atoms with E-state index >= 15 is 0 Å². The van der Waals surface area contributed by atoms with Gasteiger partial charge in [0.25, 0.3) is 0 Å². The van der Waals surface area contributed by atoms with Gasteiger partial charge in [-0.2, -0.15) is 0 Å². The normalized spacial score (nSPS) is 25.8. The first-order chi connectivity index (χ1) is 6.26. The molecule has 0 aliphatic carbocycles. The molecule has 2 heterocycles. The molecule has 1 amide bonds. The van der Waals surface area contributed by atoms with Gasteiger partial charge in [-0.15, -0.1) is 0 Å². The Labute approximate surface area is 79.5 Å². The Balaban J connectivity index is 1.95. The number of carbonyl (C=O) groups is 1. The fourth-order valence-electron chi connectivity index (χ4n) is 2.41. The van der Waals surface area contributed by atoms with Gasteiger partial charge in [0.2, 0.25) is 5.91 Å². The van der Waals surface area contributed by atoms with Crippen molar-refractivity contribution >= 4 is 5.91 Å². The number of carbonyl (C=O) groups excluding carboxylic acids is 1. The second kappa shape index (κ2) is 3.29. The summed E-state index contributed by atoms with van der Waals surface area (Å²) < 4.78 is 0. The monoisotopic (exact) mass is 182 g/mol. The first-order valence-electron chi connectivity index (χ1n) is 5.24. The molecule has 2 fully saturated rings. The Hall–Kier alpha value is -0.570. The fraction of sp³-hybridized carbons (Fsp3) is 0.900. The lowest BCUT2D eigenvalue weighted by Gasteiger charge is -2.49. The number of nitrogens with one attached hydrogen (secondary N) is 1. The summed E-state index contributed by atoms with van der Waals surface area (Å²) in [6.45, 7) is 6.14. The van der Waals surface area contributed by atoms with Crippen molar-refractivity contribution in [1.82, 2.24) is 10.2 Å². The van der Waals surface area contributed by atoms with E-state index in [0.29, 0.717) is 17.7 Å². The van der Waals surface area contributed by atoms with Crippen LogP contribution in [0.5, 0.6) is 0 Å². The third-order valence-electron chi connectivity index (χ3n) is 3.32.